The van der Waals surface area contributed by atoms with Crippen molar-refractivity contribution in [2.75, 3.05) is 26.2 Å². The van der Waals surface area contributed by atoms with Crippen LogP contribution in [0.25, 0.3) is 5.69 Å². The van der Waals surface area contributed by atoms with Gasteiger partial charge in [0.1, 0.15) is 0 Å². The summed E-state index contributed by atoms with van der Waals surface area (Å²) in [4.78, 5) is 16.6. The van der Waals surface area contributed by atoms with Crippen LogP contribution >= 0.6 is 0 Å². The van der Waals surface area contributed by atoms with E-state index in [1.165, 1.54) is 0 Å². The third-order valence-electron chi connectivity index (χ3n) is 5.01. The van der Waals surface area contributed by atoms with Gasteiger partial charge in [-0.05, 0) is 34.9 Å². The zero-order chi connectivity index (χ0) is 16.5. The molecule has 2 fully saturated rings. The van der Waals surface area contributed by atoms with Crippen molar-refractivity contribution in [1.29, 1.82) is 0 Å². The lowest BCUT2D eigenvalue weighted by molar-refractivity contribution is -0.134. The van der Waals surface area contributed by atoms with E-state index in [2.05, 4.69) is 27.3 Å². The van der Waals surface area contributed by atoms with Crippen LogP contribution in [-0.2, 0) is 11.3 Å². The number of nitrogens with zero attached hydrogens (tertiary/aromatic N) is 6. The molecule has 1 saturated heterocycles. The summed E-state index contributed by atoms with van der Waals surface area (Å²) in [6.45, 7) is 6.19. The molecule has 0 radical (unpaired) electrons. The molecule has 0 spiro atoms. The van der Waals surface area contributed by atoms with Gasteiger partial charge < -0.3 is 4.90 Å². The van der Waals surface area contributed by atoms with Gasteiger partial charge in [0.05, 0.1) is 12.2 Å². The van der Waals surface area contributed by atoms with E-state index in [1.807, 2.05) is 35.2 Å². The molecule has 0 unspecified atom stereocenters. The summed E-state index contributed by atoms with van der Waals surface area (Å²) in [5, 5.41) is 12.1. The number of hydrogen-bond acceptors (Lipinski definition) is 5. The molecule has 126 valence electrons. The number of aromatic nitrogens is 4. The third kappa shape index (κ3) is 3.03. The molecular weight excluding hydrogens is 304 g/mol. The van der Waals surface area contributed by atoms with Gasteiger partial charge in [0.15, 0.2) is 5.82 Å². The highest BCUT2D eigenvalue weighted by atomic mass is 16.2. The Hall–Kier alpha value is -2.28. The maximum absolute atomic E-state index is 12.3. The molecule has 0 bridgehead atoms. The Balaban J connectivity index is 1.36. The van der Waals surface area contributed by atoms with E-state index >= 15 is 0 Å². The second-order valence-electron chi connectivity index (χ2n) is 6.76. The van der Waals surface area contributed by atoms with Gasteiger partial charge in [0.2, 0.25) is 5.91 Å². The molecule has 0 N–H and O–H groups in total. The number of carbonyl (C=O) groups excluding carboxylic acids is 1. The molecule has 2 aromatic rings. The summed E-state index contributed by atoms with van der Waals surface area (Å²) >= 11 is 0. The van der Waals surface area contributed by atoms with Gasteiger partial charge in [-0.15, -0.1) is 5.10 Å². The molecule has 1 aromatic heterocycles. The Morgan fingerprint density at radius 2 is 1.88 bits per heavy atom. The molecule has 1 saturated carbocycles. The summed E-state index contributed by atoms with van der Waals surface area (Å²) in [6.07, 6.45) is 1.06. The first kappa shape index (κ1) is 15.3. The van der Waals surface area contributed by atoms with Gasteiger partial charge >= 0.3 is 0 Å². The first-order valence-corrected chi connectivity index (χ1v) is 8.56. The van der Waals surface area contributed by atoms with Gasteiger partial charge in [0.25, 0.3) is 0 Å². The lowest BCUT2D eigenvalue weighted by atomic mass is 10.2. The van der Waals surface area contributed by atoms with Crippen molar-refractivity contribution >= 4 is 5.91 Å². The van der Waals surface area contributed by atoms with E-state index < -0.39 is 0 Å². The number of amides is 1. The fraction of sp³-hybridized carbons (Fsp3) is 0.529. The van der Waals surface area contributed by atoms with E-state index in [-0.39, 0.29) is 5.92 Å². The van der Waals surface area contributed by atoms with Crippen LogP contribution in [0.2, 0.25) is 0 Å². The Bertz CT molecular complexity index is 707. The van der Waals surface area contributed by atoms with E-state index in [1.54, 1.807) is 4.68 Å². The Morgan fingerprint density at radius 3 is 2.54 bits per heavy atom. The molecule has 1 aromatic carbocycles. The molecule has 1 aliphatic carbocycles. The van der Waals surface area contributed by atoms with E-state index in [9.17, 15) is 4.79 Å². The minimum Gasteiger partial charge on any atom is -0.340 e. The van der Waals surface area contributed by atoms with Crippen molar-refractivity contribution in [3.8, 4) is 5.69 Å². The highest BCUT2D eigenvalue weighted by Gasteiger charge is 2.41. The molecular formula is C17H22N6O. The monoisotopic (exact) mass is 326 g/mol. The van der Waals surface area contributed by atoms with Crippen LogP contribution in [0.1, 0.15) is 19.2 Å². The normalized spacial score (nSPS) is 24.1. The summed E-state index contributed by atoms with van der Waals surface area (Å²) in [7, 11) is 0. The number of rotatable bonds is 4. The highest BCUT2D eigenvalue weighted by Crippen LogP contribution is 2.39. The molecule has 1 aliphatic heterocycles. The first-order chi connectivity index (χ1) is 11.7. The number of tetrazole rings is 1. The summed E-state index contributed by atoms with van der Waals surface area (Å²) in [5.74, 6) is 2.03. The average Bonchev–Trinajstić information content (AvgIpc) is 3.17. The second kappa shape index (κ2) is 6.32. The number of carbonyl (C=O) groups is 1. The standard InChI is InChI=1S/C17H22N6O/c1-13-11-15(13)17(24)22-9-7-21(8-10-22)12-16-18-19-20-23(16)14-5-3-2-4-6-14/h2-6,13,15H,7-12H2,1H3/t13-,15+/m1/s1. The fourth-order valence-corrected chi connectivity index (χ4v) is 3.30. The largest absolute Gasteiger partial charge is 0.340 e. The molecule has 2 atom stereocenters. The number of para-hydroxylation sites is 1. The smallest absolute Gasteiger partial charge is 0.226 e. The van der Waals surface area contributed by atoms with E-state index in [4.69, 9.17) is 0 Å². The maximum Gasteiger partial charge on any atom is 0.226 e. The quantitative estimate of drug-likeness (QED) is 0.837. The van der Waals surface area contributed by atoms with E-state index in [0.29, 0.717) is 18.4 Å². The molecule has 2 aliphatic rings. The molecule has 7 heteroatoms. The maximum atomic E-state index is 12.3. The Morgan fingerprint density at radius 1 is 1.17 bits per heavy atom. The SMILES string of the molecule is C[C@@H]1C[C@@H]1C(=O)N1CCN(Cc2nnnn2-c2ccccc2)CC1. The lowest BCUT2D eigenvalue weighted by Crippen LogP contribution is -2.49. The van der Waals surface area contributed by atoms with Crippen LogP contribution in [0.4, 0.5) is 0 Å². The van der Waals surface area contributed by atoms with E-state index in [0.717, 1.165) is 44.1 Å². The van der Waals surface area contributed by atoms with Crippen LogP contribution in [0.3, 0.4) is 0 Å². The topological polar surface area (TPSA) is 67.2 Å². The molecule has 1 amide bonds. The van der Waals surface area contributed by atoms with Crippen molar-refractivity contribution in [2.45, 2.75) is 19.9 Å². The van der Waals surface area contributed by atoms with Crippen molar-refractivity contribution in [3.05, 3.63) is 36.2 Å². The average molecular weight is 326 g/mol. The van der Waals surface area contributed by atoms with Crippen LogP contribution in [0, 0.1) is 11.8 Å². The van der Waals surface area contributed by atoms with Gasteiger partial charge in [-0.2, -0.15) is 4.68 Å². The van der Waals surface area contributed by atoms with Crippen molar-refractivity contribution < 1.29 is 4.79 Å². The minimum atomic E-state index is 0.280. The van der Waals surface area contributed by atoms with Gasteiger partial charge in [-0.1, -0.05) is 25.1 Å². The van der Waals surface area contributed by atoms with Crippen molar-refractivity contribution in [2.24, 2.45) is 11.8 Å². The lowest BCUT2D eigenvalue weighted by Gasteiger charge is -2.34. The number of hydrogen-bond donors (Lipinski definition) is 0. The molecule has 4 rings (SSSR count). The van der Waals surface area contributed by atoms with Gasteiger partial charge in [-0.3, -0.25) is 9.69 Å². The van der Waals surface area contributed by atoms with Gasteiger partial charge in [0, 0.05) is 32.1 Å². The predicted molar refractivity (Wildman–Crippen MR) is 88.3 cm³/mol. The summed E-state index contributed by atoms with van der Waals surface area (Å²) in [5.41, 5.74) is 0.967. The van der Waals surface area contributed by atoms with Crippen molar-refractivity contribution in [3.63, 3.8) is 0 Å². The predicted octanol–water partition coefficient (Wildman–Crippen LogP) is 0.962. The number of piperazine rings is 1. The van der Waals surface area contributed by atoms with Crippen LogP contribution in [0.15, 0.2) is 30.3 Å². The molecule has 2 heterocycles. The van der Waals surface area contributed by atoms with Crippen LogP contribution in [-0.4, -0.2) is 62.1 Å². The Labute approximate surface area is 141 Å². The zero-order valence-electron chi connectivity index (χ0n) is 13.9. The fourth-order valence-electron chi connectivity index (χ4n) is 3.30. The van der Waals surface area contributed by atoms with Crippen LogP contribution < -0.4 is 0 Å². The van der Waals surface area contributed by atoms with Crippen LogP contribution in [0.5, 0.6) is 0 Å². The first-order valence-electron chi connectivity index (χ1n) is 8.56. The van der Waals surface area contributed by atoms with Crippen molar-refractivity contribution in [1.82, 2.24) is 30.0 Å². The summed E-state index contributed by atoms with van der Waals surface area (Å²) < 4.78 is 1.78. The molecule has 24 heavy (non-hydrogen) atoms. The number of benzene rings is 1. The minimum absolute atomic E-state index is 0.280. The second-order valence-corrected chi connectivity index (χ2v) is 6.76. The summed E-state index contributed by atoms with van der Waals surface area (Å²) in [6, 6.07) is 9.92. The zero-order valence-corrected chi connectivity index (χ0v) is 13.9. The van der Waals surface area contributed by atoms with Gasteiger partial charge in [-0.25, -0.2) is 0 Å². The third-order valence-corrected chi connectivity index (χ3v) is 5.01. The Kier molecular flexibility index (Phi) is 4.02. The highest BCUT2D eigenvalue weighted by molar-refractivity contribution is 5.81. The molecule has 7 nitrogen and oxygen atoms in total.